The highest BCUT2D eigenvalue weighted by atomic mass is 16.5. The number of aliphatic carboxylic acids is 1. The van der Waals surface area contributed by atoms with Gasteiger partial charge in [-0.05, 0) is 26.2 Å². The molecule has 1 heterocycles. The van der Waals surface area contributed by atoms with Crippen molar-refractivity contribution in [1.29, 1.82) is 0 Å². The van der Waals surface area contributed by atoms with Crippen molar-refractivity contribution < 1.29 is 14.6 Å². The molecule has 1 saturated heterocycles. The highest BCUT2D eigenvalue weighted by Gasteiger charge is 2.49. The van der Waals surface area contributed by atoms with Gasteiger partial charge in [-0.25, -0.2) is 0 Å². The SMILES string of the molecule is CCC1CC(C)(C(=O)O)C(CC)O1. The van der Waals surface area contributed by atoms with Gasteiger partial charge in [0.25, 0.3) is 0 Å². The van der Waals surface area contributed by atoms with Crippen LogP contribution in [-0.2, 0) is 9.53 Å². The molecule has 3 atom stereocenters. The summed E-state index contributed by atoms with van der Waals surface area (Å²) in [5, 5.41) is 9.11. The van der Waals surface area contributed by atoms with Crippen LogP contribution in [0.1, 0.15) is 40.0 Å². The largest absolute Gasteiger partial charge is 0.481 e. The number of carboxylic acids is 1. The summed E-state index contributed by atoms with van der Waals surface area (Å²) >= 11 is 0. The Labute approximate surface area is 79.1 Å². The normalized spacial score (nSPS) is 39.3. The molecule has 1 aliphatic rings. The third-order valence-electron chi connectivity index (χ3n) is 3.03. The lowest BCUT2D eigenvalue weighted by Gasteiger charge is -2.23. The quantitative estimate of drug-likeness (QED) is 0.733. The molecule has 0 spiro atoms. The topological polar surface area (TPSA) is 46.5 Å². The van der Waals surface area contributed by atoms with Gasteiger partial charge in [-0.15, -0.1) is 0 Å². The van der Waals surface area contributed by atoms with Crippen LogP contribution < -0.4 is 0 Å². The Balaban J connectivity index is 2.78. The van der Waals surface area contributed by atoms with E-state index in [-0.39, 0.29) is 12.2 Å². The summed E-state index contributed by atoms with van der Waals surface area (Å²) in [6.07, 6.45) is 2.34. The number of carbonyl (C=O) groups is 1. The second kappa shape index (κ2) is 3.66. The minimum Gasteiger partial charge on any atom is -0.481 e. The Morgan fingerprint density at radius 2 is 2.15 bits per heavy atom. The second-order valence-corrected chi connectivity index (χ2v) is 3.99. The molecule has 1 rings (SSSR count). The van der Waals surface area contributed by atoms with Crippen LogP contribution in [0.25, 0.3) is 0 Å². The average molecular weight is 186 g/mol. The van der Waals surface area contributed by atoms with Crippen LogP contribution in [0.2, 0.25) is 0 Å². The monoisotopic (exact) mass is 186 g/mol. The summed E-state index contributed by atoms with van der Waals surface area (Å²) in [5.74, 6) is -0.727. The maximum Gasteiger partial charge on any atom is 0.312 e. The second-order valence-electron chi connectivity index (χ2n) is 3.99. The van der Waals surface area contributed by atoms with Gasteiger partial charge < -0.3 is 9.84 Å². The summed E-state index contributed by atoms with van der Waals surface area (Å²) in [6, 6.07) is 0. The maximum atomic E-state index is 11.1. The molecule has 3 heteroatoms. The molecule has 0 amide bonds. The lowest BCUT2D eigenvalue weighted by atomic mass is 9.80. The Morgan fingerprint density at radius 3 is 2.46 bits per heavy atom. The van der Waals surface area contributed by atoms with E-state index in [0.29, 0.717) is 6.42 Å². The van der Waals surface area contributed by atoms with Crippen LogP contribution in [-0.4, -0.2) is 23.3 Å². The highest BCUT2D eigenvalue weighted by Crippen LogP contribution is 2.41. The predicted octanol–water partition coefficient (Wildman–Crippen LogP) is 2.05. The fourth-order valence-corrected chi connectivity index (χ4v) is 2.05. The first-order valence-corrected chi connectivity index (χ1v) is 4.93. The van der Waals surface area contributed by atoms with Crippen molar-refractivity contribution in [3.05, 3.63) is 0 Å². The maximum absolute atomic E-state index is 11.1. The molecule has 0 aliphatic carbocycles. The Bertz CT molecular complexity index is 202. The van der Waals surface area contributed by atoms with Crippen molar-refractivity contribution in [3.8, 4) is 0 Å². The zero-order valence-corrected chi connectivity index (χ0v) is 8.54. The van der Waals surface area contributed by atoms with E-state index in [2.05, 4.69) is 0 Å². The first-order chi connectivity index (χ1) is 6.04. The van der Waals surface area contributed by atoms with Crippen LogP contribution in [0.15, 0.2) is 0 Å². The van der Waals surface area contributed by atoms with E-state index in [1.165, 1.54) is 0 Å². The van der Waals surface area contributed by atoms with E-state index in [1.807, 2.05) is 13.8 Å². The first-order valence-electron chi connectivity index (χ1n) is 4.93. The molecule has 0 saturated carbocycles. The van der Waals surface area contributed by atoms with Gasteiger partial charge in [-0.2, -0.15) is 0 Å². The predicted molar refractivity (Wildman–Crippen MR) is 49.6 cm³/mol. The minimum atomic E-state index is -0.727. The first kappa shape index (κ1) is 10.5. The number of hydrogen-bond acceptors (Lipinski definition) is 2. The fraction of sp³-hybridized carbons (Fsp3) is 0.900. The van der Waals surface area contributed by atoms with Gasteiger partial charge in [0.2, 0.25) is 0 Å². The third-order valence-corrected chi connectivity index (χ3v) is 3.03. The smallest absolute Gasteiger partial charge is 0.312 e. The van der Waals surface area contributed by atoms with Gasteiger partial charge in [-0.3, -0.25) is 4.79 Å². The van der Waals surface area contributed by atoms with Crippen molar-refractivity contribution >= 4 is 5.97 Å². The summed E-state index contributed by atoms with van der Waals surface area (Å²) in [6.45, 7) is 5.80. The van der Waals surface area contributed by atoms with Gasteiger partial charge in [0, 0.05) is 0 Å². The minimum absolute atomic E-state index is 0.116. The van der Waals surface area contributed by atoms with Crippen LogP contribution in [0, 0.1) is 5.41 Å². The molecule has 13 heavy (non-hydrogen) atoms. The van der Waals surface area contributed by atoms with Gasteiger partial charge in [0.05, 0.1) is 17.6 Å². The molecule has 0 radical (unpaired) electrons. The van der Waals surface area contributed by atoms with E-state index in [4.69, 9.17) is 9.84 Å². The zero-order valence-electron chi connectivity index (χ0n) is 8.54. The summed E-state index contributed by atoms with van der Waals surface area (Å²) in [4.78, 5) is 11.1. The average Bonchev–Trinajstić information content (AvgIpc) is 2.43. The van der Waals surface area contributed by atoms with Crippen molar-refractivity contribution in [2.45, 2.75) is 52.2 Å². The van der Waals surface area contributed by atoms with Crippen molar-refractivity contribution in [2.24, 2.45) is 5.41 Å². The summed E-state index contributed by atoms with van der Waals surface area (Å²) < 4.78 is 5.66. The van der Waals surface area contributed by atoms with E-state index in [9.17, 15) is 4.79 Å². The Morgan fingerprint density at radius 1 is 1.54 bits per heavy atom. The third kappa shape index (κ3) is 1.70. The summed E-state index contributed by atoms with van der Waals surface area (Å²) in [5.41, 5.74) is -0.671. The molecule has 3 unspecified atom stereocenters. The molecule has 0 aromatic rings. The lowest BCUT2D eigenvalue weighted by molar-refractivity contribution is -0.151. The van der Waals surface area contributed by atoms with E-state index in [0.717, 1.165) is 12.8 Å². The van der Waals surface area contributed by atoms with Crippen molar-refractivity contribution in [3.63, 3.8) is 0 Å². The standard InChI is InChI=1S/C10H18O3/c1-4-7-6-10(3,9(11)12)8(5-2)13-7/h7-8H,4-6H2,1-3H3,(H,11,12). The molecule has 0 bridgehead atoms. The molecule has 0 aromatic carbocycles. The number of rotatable bonds is 3. The highest BCUT2D eigenvalue weighted by molar-refractivity contribution is 5.75. The molecule has 0 aromatic heterocycles. The molecule has 3 nitrogen and oxygen atoms in total. The fourth-order valence-electron chi connectivity index (χ4n) is 2.05. The van der Waals surface area contributed by atoms with E-state index < -0.39 is 11.4 Å². The molecule has 1 fully saturated rings. The number of ether oxygens (including phenoxy) is 1. The molecule has 1 aliphatic heterocycles. The molecular weight excluding hydrogens is 168 g/mol. The number of carboxylic acid groups (broad SMARTS) is 1. The van der Waals surface area contributed by atoms with Gasteiger partial charge in [0.1, 0.15) is 0 Å². The van der Waals surface area contributed by atoms with Crippen molar-refractivity contribution in [2.75, 3.05) is 0 Å². The van der Waals surface area contributed by atoms with Crippen LogP contribution in [0.3, 0.4) is 0 Å². The lowest BCUT2D eigenvalue weighted by Crippen LogP contribution is -2.35. The number of hydrogen-bond donors (Lipinski definition) is 1. The van der Waals surface area contributed by atoms with Crippen molar-refractivity contribution in [1.82, 2.24) is 0 Å². The van der Waals surface area contributed by atoms with Gasteiger partial charge >= 0.3 is 5.97 Å². The molecule has 76 valence electrons. The Hall–Kier alpha value is -0.570. The van der Waals surface area contributed by atoms with Crippen LogP contribution in [0.5, 0.6) is 0 Å². The summed E-state index contributed by atoms with van der Waals surface area (Å²) in [7, 11) is 0. The zero-order chi connectivity index (χ0) is 10.1. The molecule has 1 N–H and O–H groups in total. The van der Waals surface area contributed by atoms with Gasteiger partial charge in [0.15, 0.2) is 0 Å². The molecular formula is C10H18O3. The Kier molecular flexibility index (Phi) is 2.96. The van der Waals surface area contributed by atoms with E-state index in [1.54, 1.807) is 6.92 Å². The van der Waals surface area contributed by atoms with E-state index >= 15 is 0 Å². The van der Waals surface area contributed by atoms with Crippen LogP contribution >= 0.6 is 0 Å². The van der Waals surface area contributed by atoms with Gasteiger partial charge in [-0.1, -0.05) is 13.8 Å². The van der Waals surface area contributed by atoms with Crippen LogP contribution in [0.4, 0.5) is 0 Å².